The highest BCUT2D eigenvalue weighted by atomic mass is 16.5. The summed E-state index contributed by atoms with van der Waals surface area (Å²) in [6.45, 7) is 5.39. The Labute approximate surface area is 120 Å². The molecule has 4 nitrogen and oxygen atoms in total. The molecule has 4 heteroatoms. The molecular formula is C16H21NO3. The van der Waals surface area contributed by atoms with Crippen molar-refractivity contribution < 1.29 is 14.6 Å². The molecule has 20 heavy (non-hydrogen) atoms. The molecule has 0 heterocycles. The summed E-state index contributed by atoms with van der Waals surface area (Å²) in [5.41, 5.74) is 1.57. The molecule has 0 aliphatic carbocycles. The van der Waals surface area contributed by atoms with Crippen LogP contribution in [0.5, 0.6) is 0 Å². The summed E-state index contributed by atoms with van der Waals surface area (Å²) < 4.78 is 5.27. The lowest BCUT2D eigenvalue weighted by molar-refractivity contribution is -0.136. The highest BCUT2D eigenvalue weighted by Crippen LogP contribution is 2.19. The highest BCUT2D eigenvalue weighted by molar-refractivity contribution is 5.97. The van der Waals surface area contributed by atoms with Gasteiger partial charge in [-0.25, -0.2) is 0 Å². The molecule has 0 bridgehead atoms. The monoisotopic (exact) mass is 275 g/mol. The quantitative estimate of drug-likeness (QED) is 0.827. The van der Waals surface area contributed by atoms with E-state index in [9.17, 15) is 4.79 Å². The molecule has 1 amide bonds. The fourth-order valence-corrected chi connectivity index (χ4v) is 1.73. The van der Waals surface area contributed by atoms with Gasteiger partial charge < -0.3 is 15.2 Å². The van der Waals surface area contributed by atoms with E-state index >= 15 is 0 Å². The number of methoxy groups -OCH3 is 1. The number of anilines is 1. The number of ether oxygens (including phenoxy) is 1. The number of hydrogen-bond donors (Lipinski definition) is 2. The van der Waals surface area contributed by atoms with Gasteiger partial charge in [-0.15, -0.1) is 0 Å². The summed E-state index contributed by atoms with van der Waals surface area (Å²) in [6, 6.07) is 5.54. The number of aryl methyl sites for hydroxylation is 1. The van der Waals surface area contributed by atoms with Crippen LogP contribution in [0.15, 0.2) is 18.2 Å². The van der Waals surface area contributed by atoms with E-state index in [-0.39, 0.29) is 12.5 Å². The zero-order valence-corrected chi connectivity index (χ0v) is 12.4. The van der Waals surface area contributed by atoms with Gasteiger partial charge in [0.2, 0.25) is 0 Å². The van der Waals surface area contributed by atoms with E-state index in [2.05, 4.69) is 17.2 Å². The number of nitrogens with one attached hydrogen (secondary N) is 1. The summed E-state index contributed by atoms with van der Waals surface area (Å²) in [4.78, 5) is 12.2. The first-order valence-electron chi connectivity index (χ1n) is 6.53. The van der Waals surface area contributed by atoms with E-state index in [0.29, 0.717) is 12.1 Å². The van der Waals surface area contributed by atoms with Crippen LogP contribution >= 0.6 is 0 Å². The number of benzene rings is 1. The molecule has 1 atom stereocenters. The smallest absolute Gasteiger partial charge is 0.256 e. The number of hydrogen-bond acceptors (Lipinski definition) is 3. The Bertz CT molecular complexity index is 536. The predicted molar refractivity (Wildman–Crippen MR) is 79.5 cm³/mol. The molecule has 0 fully saturated rings. The van der Waals surface area contributed by atoms with Gasteiger partial charge in [0, 0.05) is 18.4 Å². The first kappa shape index (κ1) is 16.2. The standard InChI is InChI=1S/C16H21NO3/c1-5-16(3,20-4)15(19)17-14-10-12(2)9-13(11-14)7-6-8-18/h9-11,18H,5,8H2,1-4H3,(H,17,19). The molecule has 0 saturated carbocycles. The summed E-state index contributed by atoms with van der Waals surface area (Å²) in [6.07, 6.45) is 0.582. The SMILES string of the molecule is CCC(C)(OC)C(=O)Nc1cc(C)cc(C#CCO)c1. The van der Waals surface area contributed by atoms with Crippen molar-refractivity contribution in [2.75, 3.05) is 19.0 Å². The van der Waals surface area contributed by atoms with E-state index in [1.807, 2.05) is 26.0 Å². The van der Waals surface area contributed by atoms with Crippen LogP contribution in [0.1, 0.15) is 31.4 Å². The van der Waals surface area contributed by atoms with Gasteiger partial charge in [-0.3, -0.25) is 4.79 Å². The van der Waals surface area contributed by atoms with Crippen LogP contribution in [0.2, 0.25) is 0 Å². The molecule has 0 aliphatic rings. The van der Waals surface area contributed by atoms with Crippen LogP contribution in [-0.2, 0) is 9.53 Å². The van der Waals surface area contributed by atoms with Gasteiger partial charge in [-0.1, -0.05) is 18.8 Å². The minimum absolute atomic E-state index is 0.186. The summed E-state index contributed by atoms with van der Waals surface area (Å²) in [7, 11) is 1.53. The van der Waals surface area contributed by atoms with Gasteiger partial charge in [0.15, 0.2) is 0 Å². The fraction of sp³-hybridized carbons (Fsp3) is 0.438. The molecule has 0 spiro atoms. The van der Waals surface area contributed by atoms with Crippen LogP contribution in [0, 0.1) is 18.8 Å². The Balaban J connectivity index is 2.98. The summed E-state index contributed by atoms with van der Waals surface area (Å²) in [5, 5.41) is 11.6. The molecule has 1 aromatic carbocycles. The van der Waals surface area contributed by atoms with Crippen molar-refractivity contribution >= 4 is 11.6 Å². The van der Waals surface area contributed by atoms with E-state index in [4.69, 9.17) is 9.84 Å². The van der Waals surface area contributed by atoms with Gasteiger partial charge in [-0.2, -0.15) is 0 Å². The first-order valence-corrected chi connectivity index (χ1v) is 6.53. The Morgan fingerprint density at radius 3 is 2.70 bits per heavy atom. The van der Waals surface area contributed by atoms with Gasteiger partial charge in [0.1, 0.15) is 12.2 Å². The summed E-state index contributed by atoms with van der Waals surface area (Å²) in [5.74, 6) is 5.24. The van der Waals surface area contributed by atoms with Crippen LogP contribution in [-0.4, -0.2) is 30.3 Å². The van der Waals surface area contributed by atoms with E-state index in [1.54, 1.807) is 13.0 Å². The Hall–Kier alpha value is -1.83. The van der Waals surface area contributed by atoms with Gasteiger partial charge in [-0.05, 0) is 44.0 Å². The van der Waals surface area contributed by atoms with Gasteiger partial charge in [0.25, 0.3) is 5.91 Å². The van der Waals surface area contributed by atoms with Crippen LogP contribution < -0.4 is 5.32 Å². The van der Waals surface area contributed by atoms with E-state index in [1.165, 1.54) is 7.11 Å². The maximum atomic E-state index is 12.2. The minimum Gasteiger partial charge on any atom is -0.384 e. The third kappa shape index (κ3) is 4.09. The minimum atomic E-state index is -0.847. The topological polar surface area (TPSA) is 58.6 Å². The Morgan fingerprint density at radius 2 is 2.15 bits per heavy atom. The maximum Gasteiger partial charge on any atom is 0.256 e. The zero-order valence-electron chi connectivity index (χ0n) is 12.4. The number of amides is 1. The molecule has 0 radical (unpaired) electrons. The van der Waals surface area contributed by atoms with Crippen molar-refractivity contribution in [1.29, 1.82) is 0 Å². The fourth-order valence-electron chi connectivity index (χ4n) is 1.73. The van der Waals surface area contributed by atoms with Crippen molar-refractivity contribution in [3.8, 4) is 11.8 Å². The highest BCUT2D eigenvalue weighted by Gasteiger charge is 2.30. The second-order valence-corrected chi connectivity index (χ2v) is 4.79. The van der Waals surface area contributed by atoms with Crippen molar-refractivity contribution in [3.63, 3.8) is 0 Å². The molecule has 0 aliphatic heterocycles. The Kier molecular flexibility index (Phi) is 5.75. The van der Waals surface area contributed by atoms with Crippen molar-refractivity contribution in [3.05, 3.63) is 29.3 Å². The molecule has 1 rings (SSSR count). The van der Waals surface area contributed by atoms with Crippen LogP contribution in [0.3, 0.4) is 0 Å². The van der Waals surface area contributed by atoms with E-state index in [0.717, 1.165) is 11.1 Å². The molecule has 108 valence electrons. The largest absolute Gasteiger partial charge is 0.384 e. The van der Waals surface area contributed by atoms with Crippen molar-refractivity contribution in [2.24, 2.45) is 0 Å². The normalized spacial score (nSPS) is 13.1. The third-order valence-corrected chi connectivity index (χ3v) is 3.25. The average Bonchev–Trinajstić information content (AvgIpc) is 2.43. The molecule has 0 aromatic heterocycles. The lowest BCUT2D eigenvalue weighted by Crippen LogP contribution is -2.41. The molecule has 2 N–H and O–H groups in total. The third-order valence-electron chi connectivity index (χ3n) is 3.25. The number of carbonyl (C=O) groups is 1. The second-order valence-electron chi connectivity index (χ2n) is 4.79. The molecular weight excluding hydrogens is 254 g/mol. The van der Waals surface area contributed by atoms with Crippen molar-refractivity contribution in [1.82, 2.24) is 0 Å². The van der Waals surface area contributed by atoms with Crippen LogP contribution in [0.4, 0.5) is 5.69 Å². The molecule has 0 saturated heterocycles. The number of aliphatic hydroxyl groups excluding tert-OH is 1. The lowest BCUT2D eigenvalue weighted by Gasteiger charge is -2.25. The van der Waals surface area contributed by atoms with Crippen molar-refractivity contribution in [2.45, 2.75) is 32.8 Å². The number of rotatable bonds is 4. The van der Waals surface area contributed by atoms with Gasteiger partial charge >= 0.3 is 0 Å². The Morgan fingerprint density at radius 1 is 1.45 bits per heavy atom. The summed E-state index contributed by atoms with van der Waals surface area (Å²) >= 11 is 0. The second kappa shape index (κ2) is 7.09. The van der Waals surface area contributed by atoms with E-state index < -0.39 is 5.60 Å². The first-order chi connectivity index (χ1) is 9.45. The number of aliphatic hydroxyl groups is 1. The maximum absolute atomic E-state index is 12.2. The zero-order chi connectivity index (χ0) is 15.2. The average molecular weight is 275 g/mol. The molecule has 1 unspecified atom stereocenters. The van der Waals surface area contributed by atoms with Crippen LogP contribution in [0.25, 0.3) is 0 Å². The lowest BCUT2D eigenvalue weighted by atomic mass is 10.0. The molecule has 1 aromatic rings. The predicted octanol–water partition coefficient (Wildman–Crippen LogP) is 2.09. The number of carbonyl (C=O) groups excluding carboxylic acids is 1. The van der Waals surface area contributed by atoms with Gasteiger partial charge in [0.05, 0.1) is 0 Å².